The lowest BCUT2D eigenvalue weighted by atomic mass is 9.96. The molecule has 2 aromatic rings. The lowest BCUT2D eigenvalue weighted by Gasteiger charge is -2.34. The van der Waals surface area contributed by atoms with Crippen LogP contribution in [0.4, 0.5) is 0 Å². The van der Waals surface area contributed by atoms with Crippen molar-refractivity contribution >= 4 is 16.8 Å². The van der Waals surface area contributed by atoms with Crippen LogP contribution in [0.1, 0.15) is 0 Å². The second-order valence-electron chi connectivity index (χ2n) is 8.11. The Balaban J connectivity index is 1.38. The zero-order valence-electron chi connectivity index (χ0n) is 16.1. The second kappa shape index (κ2) is 8.00. The number of rotatable bonds is 5. The van der Waals surface area contributed by atoms with Gasteiger partial charge < -0.3 is 24.4 Å². The SMILES string of the molecule is CN1CCN(CC2CN(C(=O)Cn3ccc4ccccc43)CC2CO)CC1. The number of carbonyl (C=O) groups is 1. The summed E-state index contributed by atoms with van der Waals surface area (Å²) in [5.74, 6) is 0.703. The molecule has 1 N–H and O–H groups in total. The Morgan fingerprint density at radius 1 is 1.07 bits per heavy atom. The predicted octanol–water partition coefficient (Wildman–Crippen LogP) is 0.956. The summed E-state index contributed by atoms with van der Waals surface area (Å²) in [5, 5.41) is 11.0. The topological polar surface area (TPSA) is 52.0 Å². The van der Waals surface area contributed by atoms with Crippen molar-refractivity contribution in [2.75, 3.05) is 59.5 Å². The van der Waals surface area contributed by atoms with Crippen LogP contribution >= 0.6 is 0 Å². The summed E-state index contributed by atoms with van der Waals surface area (Å²) >= 11 is 0. The molecule has 146 valence electrons. The third-order valence-electron chi connectivity index (χ3n) is 6.24. The molecule has 2 fully saturated rings. The van der Waals surface area contributed by atoms with E-state index in [0.29, 0.717) is 19.0 Å². The molecule has 0 radical (unpaired) electrons. The molecule has 2 aliphatic rings. The van der Waals surface area contributed by atoms with Gasteiger partial charge >= 0.3 is 0 Å². The van der Waals surface area contributed by atoms with Gasteiger partial charge in [0, 0.05) is 70.1 Å². The van der Waals surface area contributed by atoms with Crippen molar-refractivity contribution in [3.63, 3.8) is 0 Å². The van der Waals surface area contributed by atoms with Gasteiger partial charge in [0.15, 0.2) is 0 Å². The van der Waals surface area contributed by atoms with Crippen molar-refractivity contribution in [1.29, 1.82) is 0 Å². The molecule has 0 saturated carbocycles. The number of piperazine rings is 1. The number of amides is 1. The first-order valence-electron chi connectivity index (χ1n) is 9.97. The summed E-state index contributed by atoms with van der Waals surface area (Å²) in [5.41, 5.74) is 1.10. The maximum Gasteiger partial charge on any atom is 0.242 e. The van der Waals surface area contributed by atoms with Crippen molar-refractivity contribution in [3.8, 4) is 0 Å². The van der Waals surface area contributed by atoms with Gasteiger partial charge in [0.1, 0.15) is 6.54 Å². The number of benzene rings is 1. The standard InChI is InChI=1S/C21H30N4O2/c1-22-8-10-23(11-9-22)12-18-13-25(14-19(18)16-26)21(27)15-24-7-6-17-4-2-3-5-20(17)24/h2-7,18-19,26H,8-16H2,1H3. The average Bonchev–Trinajstić information content (AvgIpc) is 3.28. The number of likely N-dealkylation sites (N-methyl/N-ethyl adjacent to an activating group) is 1. The highest BCUT2D eigenvalue weighted by Crippen LogP contribution is 2.25. The fraction of sp³-hybridized carbons (Fsp3) is 0.571. The molecule has 0 aliphatic carbocycles. The Hall–Kier alpha value is -1.89. The van der Waals surface area contributed by atoms with Crippen LogP contribution in [0.5, 0.6) is 0 Å². The molecule has 2 atom stereocenters. The highest BCUT2D eigenvalue weighted by Gasteiger charge is 2.36. The number of aromatic nitrogens is 1. The first kappa shape index (κ1) is 18.5. The molecule has 1 aromatic carbocycles. The smallest absolute Gasteiger partial charge is 0.242 e. The van der Waals surface area contributed by atoms with E-state index < -0.39 is 0 Å². The number of aliphatic hydroxyl groups is 1. The highest BCUT2D eigenvalue weighted by atomic mass is 16.3. The predicted molar refractivity (Wildman–Crippen MR) is 107 cm³/mol. The minimum atomic E-state index is 0.149. The molecule has 2 saturated heterocycles. The van der Waals surface area contributed by atoms with Crippen LogP contribution in [0, 0.1) is 11.8 Å². The number of aliphatic hydroxyl groups excluding tert-OH is 1. The van der Waals surface area contributed by atoms with Crippen molar-refractivity contribution < 1.29 is 9.90 Å². The number of likely N-dealkylation sites (tertiary alicyclic amines) is 1. The first-order valence-corrected chi connectivity index (χ1v) is 9.97. The number of para-hydroxylation sites is 1. The lowest BCUT2D eigenvalue weighted by molar-refractivity contribution is -0.131. The summed E-state index contributed by atoms with van der Waals surface area (Å²) in [6.07, 6.45) is 1.99. The van der Waals surface area contributed by atoms with Crippen LogP contribution in [-0.2, 0) is 11.3 Å². The van der Waals surface area contributed by atoms with Gasteiger partial charge in [-0.2, -0.15) is 0 Å². The van der Waals surface area contributed by atoms with Gasteiger partial charge in [-0.05, 0) is 30.5 Å². The zero-order chi connectivity index (χ0) is 18.8. The van der Waals surface area contributed by atoms with Gasteiger partial charge in [0.05, 0.1) is 0 Å². The number of nitrogens with zero attached hydrogens (tertiary/aromatic N) is 4. The minimum absolute atomic E-state index is 0.149. The van der Waals surface area contributed by atoms with E-state index >= 15 is 0 Å². The van der Waals surface area contributed by atoms with Gasteiger partial charge in [-0.3, -0.25) is 4.79 Å². The second-order valence-corrected chi connectivity index (χ2v) is 8.11. The molecule has 1 amide bonds. The quantitative estimate of drug-likeness (QED) is 0.852. The highest BCUT2D eigenvalue weighted by molar-refractivity contribution is 5.83. The summed E-state index contributed by atoms with van der Waals surface area (Å²) < 4.78 is 2.03. The fourth-order valence-corrected chi connectivity index (χ4v) is 4.44. The molecular formula is C21H30N4O2. The third-order valence-corrected chi connectivity index (χ3v) is 6.24. The first-order chi connectivity index (χ1) is 13.1. The summed E-state index contributed by atoms with van der Waals surface area (Å²) in [7, 11) is 2.16. The Labute approximate surface area is 161 Å². The molecule has 0 bridgehead atoms. The molecule has 6 nitrogen and oxygen atoms in total. The Bertz CT molecular complexity index is 781. The van der Waals surface area contributed by atoms with E-state index in [-0.39, 0.29) is 18.4 Å². The molecule has 27 heavy (non-hydrogen) atoms. The molecule has 4 rings (SSSR count). The Morgan fingerprint density at radius 3 is 2.59 bits per heavy atom. The molecule has 0 spiro atoms. The summed E-state index contributed by atoms with van der Waals surface area (Å²) in [6, 6.07) is 10.2. The van der Waals surface area contributed by atoms with E-state index in [0.717, 1.165) is 50.2 Å². The van der Waals surface area contributed by atoms with Crippen LogP contribution in [0.15, 0.2) is 36.5 Å². The largest absolute Gasteiger partial charge is 0.396 e. The van der Waals surface area contributed by atoms with E-state index in [1.807, 2.05) is 27.8 Å². The number of hydrogen-bond acceptors (Lipinski definition) is 4. The van der Waals surface area contributed by atoms with Gasteiger partial charge in [-0.15, -0.1) is 0 Å². The Morgan fingerprint density at radius 2 is 1.81 bits per heavy atom. The van der Waals surface area contributed by atoms with Gasteiger partial charge in [0.2, 0.25) is 5.91 Å². The maximum absolute atomic E-state index is 12.9. The lowest BCUT2D eigenvalue weighted by Crippen LogP contribution is -2.47. The monoisotopic (exact) mass is 370 g/mol. The molecule has 6 heteroatoms. The van der Waals surface area contributed by atoms with Crippen molar-refractivity contribution in [3.05, 3.63) is 36.5 Å². The molecule has 1 aromatic heterocycles. The van der Waals surface area contributed by atoms with Crippen molar-refractivity contribution in [1.82, 2.24) is 19.3 Å². The summed E-state index contributed by atoms with van der Waals surface area (Å²) in [4.78, 5) is 19.7. The van der Waals surface area contributed by atoms with Crippen LogP contribution in [0.2, 0.25) is 0 Å². The van der Waals surface area contributed by atoms with Gasteiger partial charge in [0.25, 0.3) is 0 Å². The molecule has 3 heterocycles. The number of hydrogen-bond donors (Lipinski definition) is 1. The normalized spacial score (nSPS) is 24.7. The Kier molecular flexibility index (Phi) is 5.48. The van der Waals surface area contributed by atoms with E-state index in [4.69, 9.17) is 0 Å². The van der Waals surface area contributed by atoms with Crippen molar-refractivity contribution in [2.45, 2.75) is 6.54 Å². The molecule has 2 unspecified atom stereocenters. The third kappa shape index (κ3) is 4.03. The number of fused-ring (bicyclic) bond motifs is 1. The molecule has 2 aliphatic heterocycles. The van der Waals surface area contributed by atoms with Crippen LogP contribution < -0.4 is 0 Å². The zero-order valence-corrected chi connectivity index (χ0v) is 16.1. The van der Waals surface area contributed by atoms with E-state index in [9.17, 15) is 9.90 Å². The van der Waals surface area contributed by atoms with Crippen molar-refractivity contribution in [2.24, 2.45) is 11.8 Å². The molecular weight excluding hydrogens is 340 g/mol. The van der Waals surface area contributed by atoms with E-state index in [2.05, 4.69) is 35.0 Å². The fourth-order valence-electron chi connectivity index (χ4n) is 4.44. The minimum Gasteiger partial charge on any atom is -0.396 e. The van der Waals surface area contributed by atoms with E-state index in [1.54, 1.807) is 0 Å². The van der Waals surface area contributed by atoms with Gasteiger partial charge in [-0.25, -0.2) is 0 Å². The van der Waals surface area contributed by atoms with Crippen LogP contribution in [0.25, 0.3) is 10.9 Å². The maximum atomic E-state index is 12.9. The van der Waals surface area contributed by atoms with E-state index in [1.165, 1.54) is 0 Å². The number of carbonyl (C=O) groups excluding carboxylic acids is 1. The average molecular weight is 370 g/mol. The summed E-state index contributed by atoms with van der Waals surface area (Å²) in [6.45, 7) is 7.29. The van der Waals surface area contributed by atoms with Gasteiger partial charge in [-0.1, -0.05) is 18.2 Å². The van der Waals surface area contributed by atoms with Crippen LogP contribution in [0.3, 0.4) is 0 Å². The van der Waals surface area contributed by atoms with Crippen LogP contribution in [-0.4, -0.2) is 89.7 Å².